The lowest BCUT2D eigenvalue weighted by molar-refractivity contribution is 0.222. The maximum atomic E-state index is 10.2. The van der Waals surface area contributed by atoms with Crippen molar-refractivity contribution in [3.8, 4) is 5.75 Å². The zero-order chi connectivity index (χ0) is 12.3. The predicted octanol–water partition coefficient (Wildman–Crippen LogP) is 1.59. The van der Waals surface area contributed by atoms with Crippen LogP contribution in [0.1, 0.15) is 29.2 Å². The lowest BCUT2D eigenvalue weighted by Crippen LogP contribution is -2.02. The number of aromatic nitrogens is 3. The molecule has 2 aromatic rings. The molecular formula is C11H13N3O2S. The Balaban J connectivity index is 2.33. The Labute approximate surface area is 103 Å². The van der Waals surface area contributed by atoms with Crippen LogP contribution in [0.15, 0.2) is 18.5 Å². The normalized spacial score (nSPS) is 12.4. The van der Waals surface area contributed by atoms with Crippen molar-refractivity contribution in [3.05, 3.63) is 34.6 Å². The highest BCUT2D eigenvalue weighted by Crippen LogP contribution is 2.28. The average molecular weight is 251 g/mol. The summed E-state index contributed by atoms with van der Waals surface area (Å²) in [6, 6.07) is 1.76. The molecule has 17 heavy (non-hydrogen) atoms. The largest absolute Gasteiger partial charge is 0.495 e. The number of pyridine rings is 1. The van der Waals surface area contributed by atoms with Gasteiger partial charge in [0.05, 0.1) is 23.9 Å². The minimum Gasteiger partial charge on any atom is -0.495 e. The summed E-state index contributed by atoms with van der Waals surface area (Å²) in [5.41, 5.74) is 1.51. The first kappa shape index (κ1) is 11.9. The Kier molecular flexibility index (Phi) is 3.65. The van der Waals surface area contributed by atoms with Gasteiger partial charge in [-0.2, -0.15) is 0 Å². The van der Waals surface area contributed by atoms with Crippen molar-refractivity contribution < 1.29 is 9.84 Å². The topological polar surface area (TPSA) is 68.1 Å². The van der Waals surface area contributed by atoms with Gasteiger partial charge in [-0.25, -0.2) is 0 Å². The minimum atomic E-state index is -0.743. The van der Waals surface area contributed by atoms with E-state index < -0.39 is 6.10 Å². The van der Waals surface area contributed by atoms with Crippen LogP contribution in [0, 0.1) is 0 Å². The fourth-order valence-electron chi connectivity index (χ4n) is 1.52. The van der Waals surface area contributed by atoms with Crippen LogP contribution in [0.2, 0.25) is 0 Å². The maximum Gasteiger partial charge on any atom is 0.137 e. The van der Waals surface area contributed by atoms with Crippen LogP contribution in [-0.2, 0) is 6.42 Å². The van der Waals surface area contributed by atoms with E-state index in [2.05, 4.69) is 14.6 Å². The van der Waals surface area contributed by atoms with Crippen molar-refractivity contribution >= 4 is 11.5 Å². The van der Waals surface area contributed by atoms with Gasteiger partial charge in [-0.05, 0) is 24.0 Å². The molecule has 2 aromatic heterocycles. The molecule has 0 radical (unpaired) electrons. The highest BCUT2D eigenvalue weighted by molar-refractivity contribution is 7.05. The fourth-order valence-corrected chi connectivity index (χ4v) is 2.27. The van der Waals surface area contributed by atoms with Crippen LogP contribution in [0.3, 0.4) is 0 Å². The van der Waals surface area contributed by atoms with E-state index in [0.717, 1.165) is 17.0 Å². The smallest absolute Gasteiger partial charge is 0.137 e. The summed E-state index contributed by atoms with van der Waals surface area (Å²) in [4.78, 5) is 4.79. The quantitative estimate of drug-likeness (QED) is 0.893. The zero-order valence-corrected chi connectivity index (χ0v) is 10.4. The van der Waals surface area contributed by atoms with Gasteiger partial charge in [0.2, 0.25) is 0 Å². The standard InChI is InChI=1S/C11H13N3O2S/c1-3-9-11(17-14-13-9)10(15)7-4-8(16-2)6-12-5-7/h4-6,10,15H,3H2,1-2H3. The summed E-state index contributed by atoms with van der Waals surface area (Å²) < 4.78 is 8.94. The number of aryl methyl sites for hydroxylation is 1. The average Bonchev–Trinajstić information content (AvgIpc) is 2.86. The van der Waals surface area contributed by atoms with Gasteiger partial charge in [-0.3, -0.25) is 4.98 Å². The zero-order valence-electron chi connectivity index (χ0n) is 9.62. The summed E-state index contributed by atoms with van der Waals surface area (Å²) >= 11 is 1.21. The Bertz CT molecular complexity index is 501. The second kappa shape index (κ2) is 5.20. The molecule has 90 valence electrons. The third-order valence-electron chi connectivity index (χ3n) is 2.45. The van der Waals surface area contributed by atoms with Gasteiger partial charge in [-0.15, -0.1) is 5.10 Å². The number of nitrogens with zero attached hydrogens (tertiary/aromatic N) is 3. The molecule has 0 fully saturated rings. The number of hydrogen-bond acceptors (Lipinski definition) is 6. The highest BCUT2D eigenvalue weighted by Gasteiger charge is 2.18. The van der Waals surface area contributed by atoms with Crippen LogP contribution in [0.5, 0.6) is 5.75 Å². The molecule has 2 rings (SSSR count). The molecular weight excluding hydrogens is 238 g/mol. The lowest BCUT2D eigenvalue weighted by atomic mass is 10.1. The Morgan fingerprint density at radius 1 is 1.47 bits per heavy atom. The molecule has 0 aromatic carbocycles. The summed E-state index contributed by atoms with van der Waals surface area (Å²) in [6.07, 6.45) is 3.22. The number of ether oxygens (including phenoxy) is 1. The van der Waals surface area contributed by atoms with Gasteiger partial charge >= 0.3 is 0 Å². The van der Waals surface area contributed by atoms with Gasteiger partial charge in [-0.1, -0.05) is 11.4 Å². The van der Waals surface area contributed by atoms with Crippen molar-refractivity contribution in [3.63, 3.8) is 0 Å². The fraction of sp³-hybridized carbons (Fsp3) is 0.364. The minimum absolute atomic E-state index is 0.622. The van der Waals surface area contributed by atoms with Crippen molar-refractivity contribution in [1.82, 2.24) is 14.6 Å². The molecule has 5 nitrogen and oxygen atoms in total. The van der Waals surface area contributed by atoms with E-state index in [4.69, 9.17) is 4.74 Å². The van der Waals surface area contributed by atoms with Gasteiger partial charge in [0.1, 0.15) is 11.9 Å². The van der Waals surface area contributed by atoms with E-state index >= 15 is 0 Å². The second-order valence-electron chi connectivity index (χ2n) is 3.50. The van der Waals surface area contributed by atoms with Gasteiger partial charge in [0.15, 0.2) is 0 Å². The molecule has 0 bridgehead atoms. The van der Waals surface area contributed by atoms with E-state index in [9.17, 15) is 5.11 Å². The number of aliphatic hydroxyl groups excluding tert-OH is 1. The molecule has 0 saturated heterocycles. The number of hydrogen-bond donors (Lipinski definition) is 1. The number of rotatable bonds is 4. The molecule has 0 spiro atoms. The maximum absolute atomic E-state index is 10.2. The molecule has 0 amide bonds. The van der Waals surface area contributed by atoms with Crippen molar-refractivity contribution in [2.24, 2.45) is 0 Å². The molecule has 0 saturated carbocycles. The van der Waals surface area contributed by atoms with Crippen LogP contribution < -0.4 is 4.74 Å². The number of methoxy groups -OCH3 is 1. The molecule has 0 aliphatic carbocycles. The molecule has 1 N–H and O–H groups in total. The third-order valence-corrected chi connectivity index (χ3v) is 3.27. The van der Waals surface area contributed by atoms with Gasteiger partial charge in [0, 0.05) is 11.8 Å². The molecule has 6 heteroatoms. The SMILES string of the molecule is CCc1nnsc1C(O)c1cncc(OC)c1. The molecule has 2 heterocycles. The molecule has 1 unspecified atom stereocenters. The summed E-state index contributed by atoms with van der Waals surface area (Å²) in [5, 5.41) is 14.2. The van der Waals surface area contributed by atoms with E-state index in [1.54, 1.807) is 25.6 Å². The van der Waals surface area contributed by atoms with Crippen LogP contribution in [0.4, 0.5) is 0 Å². The molecule has 0 aliphatic rings. The van der Waals surface area contributed by atoms with Crippen molar-refractivity contribution in [2.75, 3.05) is 7.11 Å². The van der Waals surface area contributed by atoms with Crippen LogP contribution in [0.25, 0.3) is 0 Å². The molecule has 0 aliphatic heterocycles. The second-order valence-corrected chi connectivity index (χ2v) is 4.28. The van der Waals surface area contributed by atoms with E-state index in [1.165, 1.54) is 11.5 Å². The summed E-state index contributed by atoms with van der Waals surface area (Å²) in [6.45, 7) is 1.98. The third kappa shape index (κ3) is 2.42. The van der Waals surface area contributed by atoms with E-state index in [1.807, 2.05) is 6.92 Å². The van der Waals surface area contributed by atoms with E-state index in [0.29, 0.717) is 11.3 Å². The summed E-state index contributed by atoms with van der Waals surface area (Å²) in [7, 11) is 1.57. The van der Waals surface area contributed by atoms with Crippen LogP contribution >= 0.6 is 11.5 Å². The van der Waals surface area contributed by atoms with Crippen molar-refractivity contribution in [1.29, 1.82) is 0 Å². The summed E-state index contributed by atoms with van der Waals surface area (Å²) in [5.74, 6) is 0.622. The monoisotopic (exact) mass is 251 g/mol. The van der Waals surface area contributed by atoms with Crippen LogP contribution in [-0.4, -0.2) is 26.8 Å². The van der Waals surface area contributed by atoms with Gasteiger partial charge < -0.3 is 9.84 Å². The Hall–Kier alpha value is -1.53. The van der Waals surface area contributed by atoms with Gasteiger partial charge in [0.25, 0.3) is 0 Å². The Morgan fingerprint density at radius 2 is 2.29 bits per heavy atom. The first-order chi connectivity index (χ1) is 8.26. The lowest BCUT2D eigenvalue weighted by Gasteiger charge is -2.10. The van der Waals surface area contributed by atoms with E-state index in [-0.39, 0.29) is 0 Å². The first-order valence-electron chi connectivity index (χ1n) is 5.24. The number of aliphatic hydroxyl groups is 1. The highest BCUT2D eigenvalue weighted by atomic mass is 32.1. The first-order valence-corrected chi connectivity index (χ1v) is 6.01. The molecule has 1 atom stereocenters. The predicted molar refractivity (Wildman–Crippen MR) is 64.1 cm³/mol. The van der Waals surface area contributed by atoms with Crippen molar-refractivity contribution in [2.45, 2.75) is 19.4 Å². The Morgan fingerprint density at radius 3 is 3.00 bits per heavy atom.